The number of hydrogen-bond donors (Lipinski definition) is 1. The summed E-state index contributed by atoms with van der Waals surface area (Å²) in [6.45, 7) is 2.30. The summed E-state index contributed by atoms with van der Waals surface area (Å²) in [5, 5.41) is 7.09. The van der Waals surface area contributed by atoms with Crippen LogP contribution in [-0.2, 0) is 0 Å². The lowest BCUT2D eigenvalue weighted by atomic mass is 9.99. The van der Waals surface area contributed by atoms with Crippen LogP contribution in [0.5, 0.6) is 0 Å². The molecule has 1 aromatic rings. The van der Waals surface area contributed by atoms with Crippen molar-refractivity contribution in [3.8, 4) is 0 Å². The van der Waals surface area contributed by atoms with Crippen LogP contribution in [0.15, 0.2) is 10.6 Å². The van der Waals surface area contributed by atoms with Gasteiger partial charge in [0.2, 0.25) is 0 Å². The molecule has 108 valence electrons. The van der Waals surface area contributed by atoms with Gasteiger partial charge in [0.05, 0.1) is 0 Å². The molecule has 0 spiro atoms. The Kier molecular flexibility index (Phi) is 3.02. The summed E-state index contributed by atoms with van der Waals surface area (Å²) in [5.41, 5.74) is 0.446. The second-order valence-electron chi connectivity index (χ2n) is 6.36. The van der Waals surface area contributed by atoms with Gasteiger partial charge < -0.3 is 9.84 Å². The molecule has 2 saturated heterocycles. The SMILES string of the molecule is O=C(N[C@@H]1CCN2CCCC[C@@H]12)c1cc(C2CC2)on1. The first-order valence-electron chi connectivity index (χ1n) is 7.83. The van der Waals surface area contributed by atoms with E-state index < -0.39 is 0 Å². The predicted molar refractivity (Wildman–Crippen MR) is 73.6 cm³/mol. The first-order chi connectivity index (χ1) is 9.81. The molecule has 0 bridgehead atoms. The quantitative estimate of drug-likeness (QED) is 0.915. The Morgan fingerprint density at radius 2 is 2.15 bits per heavy atom. The van der Waals surface area contributed by atoms with Crippen molar-refractivity contribution in [2.75, 3.05) is 13.1 Å². The van der Waals surface area contributed by atoms with Crippen molar-refractivity contribution in [2.24, 2.45) is 0 Å². The van der Waals surface area contributed by atoms with Gasteiger partial charge in [0.25, 0.3) is 5.91 Å². The molecule has 5 heteroatoms. The van der Waals surface area contributed by atoms with Gasteiger partial charge in [0.1, 0.15) is 5.76 Å². The minimum Gasteiger partial charge on any atom is -0.360 e. The van der Waals surface area contributed by atoms with Crippen LogP contribution >= 0.6 is 0 Å². The molecule has 3 heterocycles. The van der Waals surface area contributed by atoms with E-state index in [4.69, 9.17) is 4.52 Å². The van der Waals surface area contributed by atoms with E-state index in [-0.39, 0.29) is 11.9 Å². The van der Waals surface area contributed by atoms with E-state index in [1.807, 2.05) is 6.07 Å². The molecule has 1 aliphatic carbocycles. The third kappa shape index (κ3) is 2.24. The molecule has 5 nitrogen and oxygen atoms in total. The van der Waals surface area contributed by atoms with E-state index in [0.29, 0.717) is 17.7 Å². The molecule has 0 aromatic carbocycles. The average molecular weight is 275 g/mol. The van der Waals surface area contributed by atoms with Gasteiger partial charge in [-0.2, -0.15) is 0 Å². The van der Waals surface area contributed by atoms with Gasteiger partial charge in [0.15, 0.2) is 5.69 Å². The van der Waals surface area contributed by atoms with Crippen LogP contribution in [0.3, 0.4) is 0 Å². The van der Waals surface area contributed by atoms with Crippen LogP contribution < -0.4 is 5.32 Å². The number of nitrogens with one attached hydrogen (secondary N) is 1. The maximum atomic E-state index is 12.3. The third-order valence-electron chi connectivity index (χ3n) is 4.91. The van der Waals surface area contributed by atoms with E-state index in [0.717, 1.165) is 31.6 Å². The highest BCUT2D eigenvalue weighted by Crippen LogP contribution is 2.40. The van der Waals surface area contributed by atoms with Gasteiger partial charge in [-0.1, -0.05) is 11.6 Å². The van der Waals surface area contributed by atoms with E-state index >= 15 is 0 Å². The van der Waals surface area contributed by atoms with Crippen molar-refractivity contribution >= 4 is 5.91 Å². The molecule has 1 saturated carbocycles. The zero-order valence-electron chi connectivity index (χ0n) is 11.7. The summed E-state index contributed by atoms with van der Waals surface area (Å²) in [4.78, 5) is 14.8. The molecule has 0 radical (unpaired) electrons. The monoisotopic (exact) mass is 275 g/mol. The summed E-state index contributed by atoms with van der Waals surface area (Å²) in [6, 6.07) is 2.63. The molecule has 3 aliphatic rings. The fourth-order valence-electron chi connectivity index (χ4n) is 3.61. The molecule has 20 heavy (non-hydrogen) atoms. The van der Waals surface area contributed by atoms with Gasteiger partial charge in [-0.3, -0.25) is 9.69 Å². The van der Waals surface area contributed by atoms with E-state index in [9.17, 15) is 4.79 Å². The number of nitrogens with zero attached hydrogens (tertiary/aromatic N) is 2. The Hall–Kier alpha value is -1.36. The van der Waals surface area contributed by atoms with Gasteiger partial charge in [-0.05, 0) is 38.6 Å². The Balaban J connectivity index is 1.41. The lowest BCUT2D eigenvalue weighted by molar-refractivity contribution is 0.0906. The number of carbonyl (C=O) groups excluding carboxylic acids is 1. The number of fused-ring (bicyclic) bond motifs is 1. The van der Waals surface area contributed by atoms with Gasteiger partial charge in [-0.25, -0.2) is 0 Å². The van der Waals surface area contributed by atoms with E-state index in [2.05, 4.69) is 15.4 Å². The number of amides is 1. The molecule has 3 fully saturated rings. The first-order valence-corrected chi connectivity index (χ1v) is 7.83. The Morgan fingerprint density at radius 1 is 1.25 bits per heavy atom. The fourth-order valence-corrected chi connectivity index (χ4v) is 3.61. The van der Waals surface area contributed by atoms with Gasteiger partial charge >= 0.3 is 0 Å². The minimum atomic E-state index is -0.0712. The third-order valence-corrected chi connectivity index (χ3v) is 4.91. The van der Waals surface area contributed by atoms with Crippen LogP contribution in [-0.4, -0.2) is 41.1 Å². The summed E-state index contributed by atoms with van der Waals surface area (Å²) in [5.74, 6) is 1.31. The molecule has 1 aromatic heterocycles. The minimum absolute atomic E-state index is 0.0712. The molecule has 1 amide bonds. The lowest BCUT2D eigenvalue weighted by Gasteiger charge is -2.32. The summed E-state index contributed by atoms with van der Waals surface area (Å²) in [7, 11) is 0. The lowest BCUT2D eigenvalue weighted by Crippen LogP contribution is -2.46. The van der Waals surface area contributed by atoms with Crippen LogP contribution in [0.1, 0.15) is 60.7 Å². The van der Waals surface area contributed by atoms with Crippen LogP contribution in [0.25, 0.3) is 0 Å². The summed E-state index contributed by atoms with van der Waals surface area (Å²) < 4.78 is 5.26. The number of piperidine rings is 1. The Labute approximate surface area is 118 Å². The smallest absolute Gasteiger partial charge is 0.273 e. The van der Waals surface area contributed by atoms with E-state index in [1.165, 1.54) is 25.8 Å². The van der Waals surface area contributed by atoms with Crippen molar-refractivity contribution < 1.29 is 9.32 Å². The summed E-state index contributed by atoms with van der Waals surface area (Å²) in [6.07, 6.45) is 7.17. The molecular weight excluding hydrogens is 254 g/mol. The Bertz CT molecular complexity index is 509. The fraction of sp³-hybridized carbons (Fsp3) is 0.733. The normalized spacial score (nSPS) is 30.2. The highest BCUT2D eigenvalue weighted by atomic mass is 16.5. The highest BCUT2D eigenvalue weighted by Gasteiger charge is 2.37. The van der Waals surface area contributed by atoms with Crippen LogP contribution in [0.2, 0.25) is 0 Å². The zero-order chi connectivity index (χ0) is 13.5. The van der Waals surface area contributed by atoms with Crippen molar-refractivity contribution in [3.63, 3.8) is 0 Å². The van der Waals surface area contributed by atoms with Crippen molar-refractivity contribution in [1.82, 2.24) is 15.4 Å². The maximum Gasteiger partial charge on any atom is 0.273 e. The molecular formula is C15H21N3O2. The van der Waals surface area contributed by atoms with E-state index in [1.54, 1.807) is 0 Å². The van der Waals surface area contributed by atoms with Gasteiger partial charge in [-0.15, -0.1) is 0 Å². The van der Waals surface area contributed by atoms with Crippen LogP contribution in [0.4, 0.5) is 0 Å². The number of hydrogen-bond acceptors (Lipinski definition) is 4. The standard InChI is InChI=1S/C15H21N3O2/c19-15(12-9-14(20-17-12)10-4-5-10)16-11-6-8-18-7-2-1-3-13(11)18/h9-11,13H,1-8H2,(H,16,19)/t11-,13+/m1/s1. The largest absolute Gasteiger partial charge is 0.360 e. The van der Waals surface area contributed by atoms with Crippen molar-refractivity contribution in [1.29, 1.82) is 0 Å². The second-order valence-corrected chi connectivity index (χ2v) is 6.36. The molecule has 0 unspecified atom stereocenters. The van der Waals surface area contributed by atoms with Gasteiger partial charge in [0, 0.05) is 30.6 Å². The molecule has 4 rings (SSSR count). The van der Waals surface area contributed by atoms with Crippen molar-refractivity contribution in [2.45, 2.75) is 56.5 Å². The average Bonchev–Trinajstić information content (AvgIpc) is 3.06. The molecule has 2 atom stereocenters. The predicted octanol–water partition coefficient (Wildman–Crippen LogP) is 1.91. The maximum absolute atomic E-state index is 12.3. The summed E-state index contributed by atoms with van der Waals surface area (Å²) >= 11 is 0. The number of carbonyl (C=O) groups is 1. The first kappa shape index (κ1) is 12.4. The van der Waals surface area contributed by atoms with Crippen molar-refractivity contribution in [3.05, 3.63) is 17.5 Å². The Morgan fingerprint density at radius 3 is 3.00 bits per heavy atom. The number of aromatic nitrogens is 1. The molecule has 2 aliphatic heterocycles. The topological polar surface area (TPSA) is 58.4 Å². The second kappa shape index (κ2) is 4.88. The number of rotatable bonds is 3. The molecule has 1 N–H and O–H groups in total. The highest BCUT2D eigenvalue weighted by molar-refractivity contribution is 5.92. The van der Waals surface area contributed by atoms with Crippen LogP contribution in [0, 0.1) is 0 Å². The zero-order valence-corrected chi connectivity index (χ0v) is 11.7.